The van der Waals surface area contributed by atoms with Gasteiger partial charge in [-0.25, -0.2) is 9.97 Å². The second-order valence-corrected chi connectivity index (χ2v) is 5.53. The second-order valence-electron chi connectivity index (χ2n) is 4.50. The van der Waals surface area contributed by atoms with Crippen LogP contribution < -0.4 is 5.32 Å². The normalized spacial score (nSPS) is 11.1. The second kappa shape index (κ2) is 4.97. The number of rotatable bonds is 4. The molecule has 0 amide bonds. The van der Waals surface area contributed by atoms with Gasteiger partial charge in [0.25, 0.3) is 0 Å². The van der Waals surface area contributed by atoms with Crippen molar-refractivity contribution in [1.29, 1.82) is 0 Å². The molecule has 98 valence electrons. The molecule has 2 aromatic heterocycles. The molecule has 3 aromatic rings. The van der Waals surface area contributed by atoms with Crippen molar-refractivity contribution in [2.45, 2.75) is 13.3 Å². The minimum Gasteiger partial charge on any atom is -0.361 e. The highest BCUT2D eigenvalue weighted by Crippen LogP contribution is 2.26. The zero-order valence-corrected chi connectivity index (χ0v) is 11.7. The highest BCUT2D eigenvalue weighted by molar-refractivity contribution is 7.22. The van der Waals surface area contributed by atoms with Crippen molar-refractivity contribution in [3.05, 3.63) is 35.9 Å². The van der Waals surface area contributed by atoms with Crippen LogP contribution in [0.1, 0.15) is 11.4 Å². The van der Waals surface area contributed by atoms with E-state index >= 15 is 0 Å². The van der Waals surface area contributed by atoms with Crippen LogP contribution in [0.25, 0.3) is 10.2 Å². The molecule has 1 N–H and O–H groups in total. The molecular formula is C13H15N5S. The molecule has 0 saturated carbocycles. The number of nitrogens with zero attached hydrogens (tertiary/aromatic N) is 4. The number of anilines is 1. The van der Waals surface area contributed by atoms with Crippen LogP contribution in [0.4, 0.5) is 5.13 Å². The van der Waals surface area contributed by atoms with Gasteiger partial charge in [-0.05, 0) is 24.6 Å². The average molecular weight is 273 g/mol. The van der Waals surface area contributed by atoms with Crippen LogP contribution in [-0.4, -0.2) is 26.3 Å². The maximum Gasteiger partial charge on any atom is 0.183 e. The molecule has 0 aliphatic carbocycles. The summed E-state index contributed by atoms with van der Waals surface area (Å²) in [6, 6.07) is 6.34. The third-order valence-electron chi connectivity index (χ3n) is 2.81. The van der Waals surface area contributed by atoms with Crippen LogP contribution in [0.3, 0.4) is 0 Å². The Morgan fingerprint density at radius 3 is 3.05 bits per heavy atom. The molecular weight excluding hydrogens is 258 g/mol. The molecule has 3 rings (SSSR count). The number of hydrogen-bond acceptors (Lipinski definition) is 5. The molecule has 2 heterocycles. The third kappa shape index (κ3) is 2.73. The fraction of sp³-hybridized carbons (Fsp3) is 0.308. The van der Waals surface area contributed by atoms with Gasteiger partial charge in [-0.15, -0.1) is 0 Å². The van der Waals surface area contributed by atoms with Crippen LogP contribution in [-0.2, 0) is 13.5 Å². The number of benzene rings is 1. The lowest BCUT2D eigenvalue weighted by Gasteiger charge is -1.98. The molecule has 5 nitrogen and oxygen atoms in total. The average Bonchev–Trinajstić information content (AvgIpc) is 2.95. The maximum atomic E-state index is 4.57. The molecule has 0 aliphatic heterocycles. The minimum atomic E-state index is 0.794. The Morgan fingerprint density at radius 1 is 1.37 bits per heavy atom. The van der Waals surface area contributed by atoms with Crippen LogP contribution in [0.2, 0.25) is 0 Å². The zero-order valence-electron chi connectivity index (χ0n) is 10.9. The Morgan fingerprint density at radius 2 is 2.26 bits per heavy atom. The van der Waals surface area contributed by atoms with Crippen molar-refractivity contribution in [2.75, 3.05) is 11.9 Å². The van der Waals surface area contributed by atoms with Crippen LogP contribution >= 0.6 is 11.3 Å². The largest absolute Gasteiger partial charge is 0.361 e. The fourth-order valence-electron chi connectivity index (χ4n) is 1.89. The summed E-state index contributed by atoms with van der Waals surface area (Å²) in [6.45, 7) is 2.88. The summed E-state index contributed by atoms with van der Waals surface area (Å²) in [7, 11) is 1.87. The summed E-state index contributed by atoms with van der Waals surface area (Å²) in [6.07, 6.45) is 2.52. The van der Waals surface area contributed by atoms with Crippen molar-refractivity contribution < 1.29 is 0 Å². The van der Waals surface area contributed by atoms with Crippen molar-refractivity contribution in [2.24, 2.45) is 7.05 Å². The van der Waals surface area contributed by atoms with Gasteiger partial charge in [0.1, 0.15) is 6.33 Å². The van der Waals surface area contributed by atoms with Crippen LogP contribution in [0.15, 0.2) is 24.5 Å². The molecule has 0 bridgehead atoms. The molecule has 0 fully saturated rings. The van der Waals surface area contributed by atoms with Crippen molar-refractivity contribution in [1.82, 2.24) is 19.7 Å². The van der Waals surface area contributed by atoms with Crippen LogP contribution in [0.5, 0.6) is 0 Å². The van der Waals surface area contributed by atoms with Gasteiger partial charge >= 0.3 is 0 Å². The monoisotopic (exact) mass is 273 g/mol. The molecule has 0 spiro atoms. The van der Waals surface area contributed by atoms with E-state index in [1.54, 1.807) is 22.3 Å². The van der Waals surface area contributed by atoms with Gasteiger partial charge in [0, 0.05) is 20.0 Å². The topological polar surface area (TPSA) is 55.6 Å². The first-order valence-corrected chi connectivity index (χ1v) is 6.98. The molecule has 19 heavy (non-hydrogen) atoms. The van der Waals surface area contributed by atoms with Gasteiger partial charge in [0.15, 0.2) is 11.0 Å². The van der Waals surface area contributed by atoms with E-state index < -0.39 is 0 Å². The Bertz CT molecular complexity index is 700. The van der Waals surface area contributed by atoms with Crippen molar-refractivity contribution in [3.8, 4) is 0 Å². The standard InChI is InChI=1S/C13H15N5S/c1-9-3-4-11-10(7-9)16-13(19-11)14-6-5-12-15-8-18(2)17-12/h3-4,7-8H,5-6H2,1-2H3,(H,14,16). The summed E-state index contributed by atoms with van der Waals surface area (Å²) in [5.74, 6) is 0.854. The van der Waals surface area contributed by atoms with Gasteiger partial charge in [-0.3, -0.25) is 4.68 Å². The first kappa shape index (κ1) is 12.1. The van der Waals surface area contributed by atoms with Gasteiger partial charge in [0.2, 0.25) is 0 Å². The Kier molecular flexibility index (Phi) is 3.16. The maximum absolute atomic E-state index is 4.57. The van der Waals surface area contributed by atoms with E-state index in [2.05, 4.69) is 45.5 Å². The number of aryl methyl sites for hydroxylation is 2. The molecule has 1 aromatic carbocycles. The first-order valence-electron chi connectivity index (χ1n) is 6.16. The minimum absolute atomic E-state index is 0.794. The Balaban J connectivity index is 1.65. The van der Waals surface area contributed by atoms with Crippen molar-refractivity contribution >= 4 is 26.7 Å². The van der Waals surface area contributed by atoms with E-state index in [1.165, 1.54) is 10.3 Å². The molecule has 0 aliphatic rings. The Hall–Kier alpha value is -1.95. The van der Waals surface area contributed by atoms with Gasteiger partial charge < -0.3 is 5.32 Å². The van der Waals surface area contributed by atoms with Gasteiger partial charge in [0.05, 0.1) is 10.2 Å². The summed E-state index contributed by atoms with van der Waals surface area (Å²) < 4.78 is 2.93. The lowest BCUT2D eigenvalue weighted by atomic mass is 10.2. The smallest absolute Gasteiger partial charge is 0.183 e. The number of hydrogen-bond donors (Lipinski definition) is 1. The number of aromatic nitrogens is 4. The number of nitrogens with one attached hydrogen (secondary N) is 1. The predicted molar refractivity (Wildman–Crippen MR) is 77.6 cm³/mol. The van der Waals surface area contributed by atoms with E-state index in [4.69, 9.17) is 0 Å². The predicted octanol–water partition coefficient (Wildman–Crippen LogP) is 2.39. The number of fused-ring (bicyclic) bond motifs is 1. The Labute approximate surface area is 115 Å². The van der Waals surface area contributed by atoms with Crippen molar-refractivity contribution in [3.63, 3.8) is 0 Å². The lowest BCUT2D eigenvalue weighted by molar-refractivity contribution is 0.742. The fourth-order valence-corrected chi connectivity index (χ4v) is 2.76. The number of thiazole rings is 1. The van der Waals surface area contributed by atoms with E-state index in [0.717, 1.165) is 29.4 Å². The summed E-state index contributed by atoms with van der Waals surface area (Å²) in [5.41, 5.74) is 2.30. The van der Waals surface area contributed by atoms with E-state index in [9.17, 15) is 0 Å². The lowest BCUT2D eigenvalue weighted by Crippen LogP contribution is -2.06. The van der Waals surface area contributed by atoms with E-state index in [0.29, 0.717) is 0 Å². The van der Waals surface area contributed by atoms with Crippen LogP contribution in [0, 0.1) is 6.92 Å². The first-order chi connectivity index (χ1) is 9.20. The molecule has 0 unspecified atom stereocenters. The van der Waals surface area contributed by atoms with Gasteiger partial charge in [-0.2, -0.15) is 5.10 Å². The summed E-state index contributed by atoms with van der Waals surface area (Å²) in [5, 5.41) is 8.53. The quantitative estimate of drug-likeness (QED) is 0.793. The summed E-state index contributed by atoms with van der Waals surface area (Å²) >= 11 is 1.68. The molecule has 0 atom stereocenters. The SMILES string of the molecule is Cc1ccc2sc(NCCc3ncn(C)n3)nc2c1. The third-order valence-corrected chi connectivity index (χ3v) is 3.81. The van der Waals surface area contributed by atoms with Gasteiger partial charge in [-0.1, -0.05) is 17.4 Å². The van der Waals surface area contributed by atoms with E-state index in [1.807, 2.05) is 7.05 Å². The molecule has 0 radical (unpaired) electrons. The van der Waals surface area contributed by atoms with E-state index in [-0.39, 0.29) is 0 Å². The molecule has 0 saturated heterocycles. The zero-order chi connectivity index (χ0) is 13.2. The summed E-state index contributed by atoms with van der Waals surface area (Å²) in [4.78, 5) is 8.77. The highest BCUT2D eigenvalue weighted by atomic mass is 32.1. The highest BCUT2D eigenvalue weighted by Gasteiger charge is 2.04. The molecule has 6 heteroatoms.